The van der Waals surface area contributed by atoms with Crippen LogP contribution in [0.3, 0.4) is 0 Å². The zero-order valence-corrected chi connectivity index (χ0v) is 12.5. The van der Waals surface area contributed by atoms with E-state index in [2.05, 4.69) is 31.9 Å². The summed E-state index contributed by atoms with van der Waals surface area (Å²) >= 11 is 6.74. The van der Waals surface area contributed by atoms with Gasteiger partial charge in [0.2, 0.25) is 0 Å². The van der Waals surface area contributed by atoms with Gasteiger partial charge < -0.3 is 5.11 Å². The molecule has 0 aromatic heterocycles. The van der Waals surface area contributed by atoms with Crippen molar-refractivity contribution < 1.29 is 10.0 Å². The average molecular weight is 367 g/mol. The molecular weight excluding hydrogens is 354 g/mol. The number of rotatable bonds is 5. The molecule has 1 N–H and O–H groups in total. The van der Waals surface area contributed by atoms with Gasteiger partial charge in [0.15, 0.2) is 0 Å². The van der Waals surface area contributed by atoms with Crippen molar-refractivity contribution in [3.8, 4) is 5.75 Å². The second kappa shape index (κ2) is 6.35. The molecular formula is C11H13Br2NO3. The van der Waals surface area contributed by atoms with Crippen LogP contribution in [0.5, 0.6) is 5.75 Å². The van der Waals surface area contributed by atoms with Gasteiger partial charge in [-0.1, -0.05) is 31.9 Å². The maximum atomic E-state index is 10.8. The van der Waals surface area contributed by atoms with Gasteiger partial charge in [-0.25, -0.2) is 0 Å². The van der Waals surface area contributed by atoms with Crippen molar-refractivity contribution in [3.63, 3.8) is 0 Å². The number of phenolic OH excluding ortho intramolecular Hbond substituents is 1. The van der Waals surface area contributed by atoms with Crippen molar-refractivity contribution in [1.82, 2.24) is 0 Å². The Kier molecular flexibility index (Phi) is 5.39. The maximum absolute atomic E-state index is 10.8. The molecule has 17 heavy (non-hydrogen) atoms. The molecule has 0 bridgehead atoms. The van der Waals surface area contributed by atoms with E-state index in [1.165, 1.54) is 12.1 Å². The second-order valence-corrected chi connectivity index (χ2v) is 7.19. The van der Waals surface area contributed by atoms with E-state index in [4.69, 9.17) is 0 Å². The molecule has 0 saturated heterocycles. The van der Waals surface area contributed by atoms with E-state index in [1.54, 1.807) is 6.92 Å². The number of alkyl halides is 2. The smallest absolute Gasteiger partial charge is 0.272 e. The molecule has 6 heteroatoms. The fourth-order valence-corrected chi connectivity index (χ4v) is 2.32. The van der Waals surface area contributed by atoms with Gasteiger partial charge in [0.25, 0.3) is 5.69 Å². The number of aromatic hydroxyl groups is 1. The van der Waals surface area contributed by atoms with Crippen LogP contribution in [-0.4, -0.2) is 13.8 Å². The normalized spacial score (nSPS) is 10.8. The number of hydrogen-bond acceptors (Lipinski definition) is 3. The Hall–Kier alpha value is -0.620. The van der Waals surface area contributed by atoms with Crippen molar-refractivity contribution in [1.29, 1.82) is 0 Å². The van der Waals surface area contributed by atoms with Crippen LogP contribution in [0, 0.1) is 17.0 Å². The Balaban J connectivity index is 2.90. The van der Waals surface area contributed by atoms with Crippen LogP contribution in [0.2, 0.25) is 0 Å². The highest BCUT2D eigenvalue weighted by molar-refractivity contribution is 9.24. The number of phenols is 1. The third kappa shape index (κ3) is 3.96. The van der Waals surface area contributed by atoms with E-state index in [9.17, 15) is 15.2 Å². The number of benzene rings is 1. The summed E-state index contributed by atoms with van der Waals surface area (Å²) in [5.41, 5.74) is 1.28. The molecule has 0 radical (unpaired) electrons. The highest BCUT2D eigenvalue weighted by Crippen LogP contribution is 2.30. The minimum atomic E-state index is -0.421. The monoisotopic (exact) mass is 365 g/mol. The van der Waals surface area contributed by atoms with Crippen molar-refractivity contribution in [2.45, 2.75) is 29.9 Å². The highest BCUT2D eigenvalue weighted by atomic mass is 79.9. The van der Waals surface area contributed by atoms with E-state index in [0.717, 1.165) is 12.8 Å². The third-order valence-electron chi connectivity index (χ3n) is 2.59. The van der Waals surface area contributed by atoms with Crippen molar-refractivity contribution >= 4 is 37.5 Å². The standard InChI is InChI=1S/C11H13Br2NO3/c1-7-8(3-2-4-11(12)13)10(15)6-5-9(7)14(16)17/h5-6,11,15H,2-4H2,1H3. The predicted molar refractivity (Wildman–Crippen MR) is 74.1 cm³/mol. The van der Waals surface area contributed by atoms with Crippen LogP contribution in [0.25, 0.3) is 0 Å². The first-order valence-corrected chi connectivity index (χ1v) is 7.00. The summed E-state index contributed by atoms with van der Waals surface area (Å²) < 4.78 is 0.233. The van der Waals surface area contributed by atoms with Gasteiger partial charge in [0, 0.05) is 17.2 Å². The molecule has 1 aromatic carbocycles. The fraction of sp³-hybridized carbons (Fsp3) is 0.455. The lowest BCUT2D eigenvalue weighted by molar-refractivity contribution is -0.385. The van der Waals surface area contributed by atoms with E-state index in [0.29, 0.717) is 17.5 Å². The lowest BCUT2D eigenvalue weighted by atomic mass is 10.0. The Labute approximate surface area is 116 Å². The Morgan fingerprint density at radius 1 is 1.47 bits per heavy atom. The summed E-state index contributed by atoms with van der Waals surface area (Å²) in [7, 11) is 0. The first-order chi connectivity index (χ1) is 7.93. The summed E-state index contributed by atoms with van der Waals surface area (Å²) in [6.07, 6.45) is 2.37. The Morgan fingerprint density at radius 2 is 2.12 bits per heavy atom. The predicted octanol–water partition coefficient (Wildman–Crippen LogP) is 4.05. The zero-order chi connectivity index (χ0) is 13.0. The number of halogens is 2. The van der Waals surface area contributed by atoms with Gasteiger partial charge in [-0.05, 0) is 32.3 Å². The Morgan fingerprint density at radius 3 is 2.65 bits per heavy atom. The zero-order valence-electron chi connectivity index (χ0n) is 9.32. The molecule has 0 atom stereocenters. The fourth-order valence-electron chi connectivity index (χ4n) is 1.68. The Bertz CT molecular complexity index is 421. The summed E-state index contributed by atoms with van der Waals surface area (Å²) in [6, 6.07) is 2.73. The molecule has 0 aliphatic rings. The first kappa shape index (κ1) is 14.4. The van der Waals surface area contributed by atoms with Crippen LogP contribution in [-0.2, 0) is 6.42 Å². The van der Waals surface area contributed by atoms with Crippen molar-refractivity contribution in [2.24, 2.45) is 0 Å². The second-order valence-electron chi connectivity index (χ2n) is 3.75. The molecule has 0 saturated carbocycles. The summed E-state index contributed by atoms with van der Waals surface area (Å²) in [6.45, 7) is 1.67. The topological polar surface area (TPSA) is 63.4 Å². The van der Waals surface area contributed by atoms with Crippen LogP contribution < -0.4 is 0 Å². The number of nitro groups is 1. The van der Waals surface area contributed by atoms with E-state index < -0.39 is 4.92 Å². The van der Waals surface area contributed by atoms with E-state index in [1.807, 2.05) is 0 Å². The van der Waals surface area contributed by atoms with Gasteiger partial charge in [0.1, 0.15) is 5.75 Å². The van der Waals surface area contributed by atoms with E-state index >= 15 is 0 Å². The number of hydrogen-bond donors (Lipinski definition) is 1. The van der Waals surface area contributed by atoms with Gasteiger partial charge >= 0.3 is 0 Å². The SMILES string of the molecule is Cc1c([N+](=O)[O-])ccc(O)c1CCCC(Br)Br. The average Bonchev–Trinajstić information content (AvgIpc) is 2.21. The minimum absolute atomic E-state index is 0.0621. The summed E-state index contributed by atoms with van der Waals surface area (Å²) in [4.78, 5) is 10.4. The first-order valence-electron chi connectivity index (χ1n) is 5.17. The molecule has 0 spiro atoms. The largest absolute Gasteiger partial charge is 0.508 e. The van der Waals surface area contributed by atoms with Crippen LogP contribution in [0.1, 0.15) is 24.0 Å². The summed E-state index contributed by atoms with van der Waals surface area (Å²) in [5.74, 6) is 0.133. The van der Waals surface area contributed by atoms with Gasteiger partial charge in [-0.3, -0.25) is 10.1 Å². The van der Waals surface area contributed by atoms with Gasteiger partial charge in [-0.15, -0.1) is 0 Å². The number of nitrogens with zero attached hydrogens (tertiary/aromatic N) is 1. The van der Waals surface area contributed by atoms with E-state index in [-0.39, 0.29) is 15.2 Å². The molecule has 94 valence electrons. The molecule has 0 unspecified atom stereocenters. The molecule has 4 nitrogen and oxygen atoms in total. The van der Waals surface area contributed by atoms with Gasteiger partial charge in [-0.2, -0.15) is 0 Å². The molecule has 0 aliphatic carbocycles. The maximum Gasteiger partial charge on any atom is 0.272 e. The van der Waals surface area contributed by atoms with Crippen molar-refractivity contribution in [3.05, 3.63) is 33.4 Å². The molecule has 1 rings (SSSR count). The van der Waals surface area contributed by atoms with Crippen LogP contribution in [0.15, 0.2) is 12.1 Å². The van der Waals surface area contributed by atoms with Gasteiger partial charge in [0.05, 0.1) is 8.66 Å². The quantitative estimate of drug-likeness (QED) is 0.485. The number of nitro benzene ring substituents is 1. The molecule has 0 aliphatic heterocycles. The third-order valence-corrected chi connectivity index (χ3v) is 3.51. The molecule has 0 amide bonds. The van der Waals surface area contributed by atoms with Crippen LogP contribution >= 0.6 is 31.9 Å². The lowest BCUT2D eigenvalue weighted by Gasteiger charge is -2.09. The molecule has 0 fully saturated rings. The summed E-state index contributed by atoms with van der Waals surface area (Å²) in [5, 5.41) is 20.5. The van der Waals surface area contributed by atoms with Crippen LogP contribution in [0.4, 0.5) is 5.69 Å². The molecule has 1 aromatic rings. The van der Waals surface area contributed by atoms with Crippen molar-refractivity contribution in [2.75, 3.05) is 0 Å². The lowest BCUT2D eigenvalue weighted by Crippen LogP contribution is -1.98. The minimum Gasteiger partial charge on any atom is -0.508 e. The highest BCUT2D eigenvalue weighted by Gasteiger charge is 2.16. The molecule has 0 heterocycles.